The quantitative estimate of drug-likeness (QED) is 0.409. The Labute approximate surface area is 80.5 Å². The first-order valence-electron chi connectivity index (χ1n) is 4.20. The van der Waals surface area contributed by atoms with Gasteiger partial charge in [-0.3, -0.25) is 4.79 Å². The molecule has 2 nitrogen and oxygen atoms in total. The van der Waals surface area contributed by atoms with Crippen molar-refractivity contribution in [2.75, 3.05) is 13.0 Å². The standard InChI is InChI=1S/C10H13O2P/c11-10(6-7-12-8-13)9-4-2-1-3-5-9/h1-5H,6-8,13H2. The number of carbonyl (C=O) groups is 1. The summed E-state index contributed by atoms with van der Waals surface area (Å²) in [4.78, 5) is 11.4. The summed E-state index contributed by atoms with van der Waals surface area (Å²) in [5.41, 5.74) is 0.759. The first-order valence-corrected chi connectivity index (χ1v) is 5.02. The largest absolute Gasteiger partial charge is 0.377 e. The second-order valence-corrected chi connectivity index (χ2v) is 2.95. The van der Waals surface area contributed by atoms with Crippen LogP contribution in [-0.2, 0) is 4.74 Å². The van der Waals surface area contributed by atoms with Crippen LogP contribution in [0.25, 0.3) is 0 Å². The Kier molecular flexibility index (Phi) is 4.66. The van der Waals surface area contributed by atoms with Crippen LogP contribution in [0.3, 0.4) is 0 Å². The number of hydrogen-bond donors (Lipinski definition) is 0. The molecule has 0 aromatic heterocycles. The SMILES string of the molecule is O=C(CCOCP)c1ccccc1. The minimum atomic E-state index is 0.138. The van der Waals surface area contributed by atoms with E-state index in [1.807, 2.05) is 30.3 Å². The third-order valence-electron chi connectivity index (χ3n) is 1.69. The lowest BCUT2D eigenvalue weighted by molar-refractivity contribution is 0.0924. The molecule has 3 heteroatoms. The van der Waals surface area contributed by atoms with Gasteiger partial charge in [-0.2, -0.15) is 0 Å². The third kappa shape index (κ3) is 3.67. The fourth-order valence-electron chi connectivity index (χ4n) is 1.02. The van der Waals surface area contributed by atoms with E-state index in [0.29, 0.717) is 19.4 Å². The highest BCUT2D eigenvalue weighted by atomic mass is 31.0. The van der Waals surface area contributed by atoms with E-state index in [1.54, 1.807) is 0 Å². The van der Waals surface area contributed by atoms with Crippen molar-refractivity contribution in [1.82, 2.24) is 0 Å². The fraction of sp³-hybridized carbons (Fsp3) is 0.300. The van der Waals surface area contributed by atoms with Crippen molar-refractivity contribution >= 4 is 15.0 Å². The van der Waals surface area contributed by atoms with E-state index >= 15 is 0 Å². The average molecular weight is 196 g/mol. The molecule has 0 amide bonds. The van der Waals surface area contributed by atoms with Gasteiger partial charge < -0.3 is 4.74 Å². The van der Waals surface area contributed by atoms with Gasteiger partial charge in [-0.25, -0.2) is 0 Å². The van der Waals surface area contributed by atoms with Crippen molar-refractivity contribution in [3.63, 3.8) is 0 Å². The maximum Gasteiger partial charge on any atom is 0.165 e. The third-order valence-corrected chi connectivity index (χ3v) is 1.92. The van der Waals surface area contributed by atoms with Crippen LogP contribution in [-0.4, -0.2) is 18.7 Å². The smallest absolute Gasteiger partial charge is 0.165 e. The maximum atomic E-state index is 11.4. The van der Waals surface area contributed by atoms with Gasteiger partial charge in [0.1, 0.15) is 0 Å². The van der Waals surface area contributed by atoms with E-state index in [2.05, 4.69) is 9.24 Å². The first kappa shape index (κ1) is 10.4. The number of hydrogen-bond acceptors (Lipinski definition) is 2. The zero-order valence-corrected chi connectivity index (χ0v) is 8.56. The van der Waals surface area contributed by atoms with Crippen molar-refractivity contribution in [1.29, 1.82) is 0 Å². The Bertz CT molecular complexity index is 259. The minimum Gasteiger partial charge on any atom is -0.377 e. The Morgan fingerprint density at radius 1 is 1.31 bits per heavy atom. The Balaban J connectivity index is 2.40. The summed E-state index contributed by atoms with van der Waals surface area (Å²) in [6, 6.07) is 9.27. The number of benzene rings is 1. The topological polar surface area (TPSA) is 26.3 Å². The van der Waals surface area contributed by atoms with Gasteiger partial charge in [0.05, 0.1) is 13.0 Å². The monoisotopic (exact) mass is 196 g/mol. The van der Waals surface area contributed by atoms with Crippen LogP contribution in [0.2, 0.25) is 0 Å². The average Bonchev–Trinajstić information content (AvgIpc) is 2.19. The number of carbonyl (C=O) groups excluding carboxylic acids is 1. The Hall–Kier alpha value is -0.720. The summed E-state index contributed by atoms with van der Waals surface area (Å²) < 4.78 is 5.07. The summed E-state index contributed by atoms with van der Waals surface area (Å²) in [6.45, 7) is 0.497. The van der Waals surface area contributed by atoms with Gasteiger partial charge in [-0.1, -0.05) is 30.3 Å². The molecule has 1 atom stereocenters. The molecule has 0 saturated heterocycles. The summed E-state index contributed by atoms with van der Waals surface area (Å²) in [5, 5.41) is 0. The predicted octanol–water partition coefficient (Wildman–Crippen LogP) is 2.11. The van der Waals surface area contributed by atoms with E-state index in [-0.39, 0.29) is 5.78 Å². The predicted molar refractivity (Wildman–Crippen MR) is 55.9 cm³/mol. The molecule has 0 heterocycles. The van der Waals surface area contributed by atoms with E-state index in [4.69, 9.17) is 4.74 Å². The van der Waals surface area contributed by atoms with Gasteiger partial charge in [-0.15, -0.1) is 9.24 Å². The van der Waals surface area contributed by atoms with Crippen LogP contribution >= 0.6 is 9.24 Å². The highest BCUT2D eigenvalue weighted by Crippen LogP contribution is 2.02. The van der Waals surface area contributed by atoms with Gasteiger partial charge >= 0.3 is 0 Å². The zero-order valence-electron chi connectivity index (χ0n) is 7.40. The summed E-state index contributed by atoms with van der Waals surface area (Å²) in [6.07, 6.45) is 1.04. The van der Waals surface area contributed by atoms with E-state index in [0.717, 1.165) is 5.56 Å². The highest BCUT2D eigenvalue weighted by molar-refractivity contribution is 7.16. The molecule has 1 rings (SSSR count). The van der Waals surface area contributed by atoms with Crippen LogP contribution < -0.4 is 0 Å². The van der Waals surface area contributed by atoms with Gasteiger partial charge in [0.15, 0.2) is 5.78 Å². The lowest BCUT2D eigenvalue weighted by Crippen LogP contribution is -2.03. The van der Waals surface area contributed by atoms with Crippen LogP contribution in [0.15, 0.2) is 30.3 Å². The molecule has 0 aliphatic rings. The molecule has 0 aliphatic carbocycles. The van der Waals surface area contributed by atoms with Gasteiger partial charge in [-0.05, 0) is 0 Å². The molecule has 0 saturated carbocycles. The molecular weight excluding hydrogens is 183 g/mol. The molecule has 0 bridgehead atoms. The Morgan fingerprint density at radius 3 is 2.62 bits per heavy atom. The van der Waals surface area contributed by atoms with E-state index < -0.39 is 0 Å². The van der Waals surface area contributed by atoms with Gasteiger partial charge in [0, 0.05) is 12.0 Å². The molecule has 0 spiro atoms. The number of ether oxygens (including phenoxy) is 1. The minimum absolute atomic E-state index is 0.138. The number of ketones is 1. The Morgan fingerprint density at radius 2 is 2.00 bits per heavy atom. The molecule has 0 aliphatic heterocycles. The van der Waals surface area contributed by atoms with Crippen LogP contribution in [0.1, 0.15) is 16.8 Å². The fourth-order valence-corrected chi connectivity index (χ4v) is 1.18. The lowest BCUT2D eigenvalue weighted by Gasteiger charge is -2.00. The van der Waals surface area contributed by atoms with Crippen molar-refractivity contribution in [2.45, 2.75) is 6.42 Å². The summed E-state index contributed by atoms with van der Waals surface area (Å²) in [5.74, 6) is 0.138. The van der Waals surface area contributed by atoms with Gasteiger partial charge in [0.2, 0.25) is 0 Å². The van der Waals surface area contributed by atoms with Crippen molar-refractivity contribution in [3.8, 4) is 0 Å². The normalized spacial score (nSPS) is 9.92. The molecule has 0 radical (unpaired) electrons. The summed E-state index contributed by atoms with van der Waals surface area (Å²) in [7, 11) is 2.46. The molecule has 1 aromatic rings. The number of rotatable bonds is 5. The lowest BCUT2D eigenvalue weighted by atomic mass is 10.1. The molecule has 1 unspecified atom stereocenters. The second-order valence-electron chi connectivity index (χ2n) is 2.61. The van der Waals surface area contributed by atoms with Crippen molar-refractivity contribution < 1.29 is 9.53 Å². The summed E-state index contributed by atoms with van der Waals surface area (Å²) >= 11 is 0. The zero-order chi connectivity index (χ0) is 9.52. The highest BCUT2D eigenvalue weighted by Gasteiger charge is 2.03. The van der Waals surface area contributed by atoms with Crippen molar-refractivity contribution in [3.05, 3.63) is 35.9 Å². The van der Waals surface area contributed by atoms with Crippen LogP contribution in [0.5, 0.6) is 0 Å². The molecule has 1 aromatic carbocycles. The van der Waals surface area contributed by atoms with Crippen molar-refractivity contribution in [2.24, 2.45) is 0 Å². The molecule has 70 valence electrons. The van der Waals surface area contributed by atoms with E-state index in [1.165, 1.54) is 0 Å². The first-order chi connectivity index (χ1) is 6.34. The number of Topliss-reactive ketones (excluding diaryl/α,β-unsaturated/α-hetero) is 1. The van der Waals surface area contributed by atoms with Crippen LogP contribution in [0, 0.1) is 0 Å². The molecule has 0 fully saturated rings. The molecule has 13 heavy (non-hydrogen) atoms. The molecule has 0 N–H and O–H groups in total. The molecular formula is C10H13O2P. The second kappa shape index (κ2) is 5.85. The van der Waals surface area contributed by atoms with E-state index in [9.17, 15) is 4.79 Å². The maximum absolute atomic E-state index is 11.4. The van der Waals surface area contributed by atoms with Crippen LogP contribution in [0.4, 0.5) is 0 Å². The van der Waals surface area contributed by atoms with Gasteiger partial charge in [0.25, 0.3) is 0 Å².